The third kappa shape index (κ3) is 5.68. The minimum Gasteiger partial charge on any atom is -0.493 e. The summed E-state index contributed by atoms with van der Waals surface area (Å²) in [6.45, 7) is 4.49. The SMILES string of the molecule is CCOC(=O)C(Cc1ccc(OCCc2nc(-c3ccccc3)oc2C)cc1)c1cnco1. The highest BCUT2D eigenvalue weighted by atomic mass is 16.5. The predicted molar refractivity (Wildman–Crippen MR) is 122 cm³/mol. The highest BCUT2D eigenvalue weighted by molar-refractivity contribution is 5.77. The van der Waals surface area contributed by atoms with E-state index in [1.807, 2.05) is 61.5 Å². The van der Waals surface area contributed by atoms with Gasteiger partial charge in [0.25, 0.3) is 0 Å². The number of ether oxygens (including phenoxy) is 2. The number of benzene rings is 2. The molecule has 0 saturated heterocycles. The molecule has 7 nitrogen and oxygen atoms in total. The number of nitrogens with zero attached hydrogens (tertiary/aromatic N) is 2. The fraction of sp³-hybridized carbons (Fsp3) is 0.269. The molecular weight excluding hydrogens is 420 g/mol. The number of hydrogen-bond donors (Lipinski definition) is 0. The second kappa shape index (κ2) is 10.6. The van der Waals surface area contributed by atoms with Crippen molar-refractivity contribution in [2.24, 2.45) is 0 Å². The molecule has 4 rings (SSSR count). The van der Waals surface area contributed by atoms with Gasteiger partial charge in [-0.05, 0) is 50.1 Å². The van der Waals surface area contributed by atoms with E-state index in [1.54, 1.807) is 13.1 Å². The molecular formula is C26H26N2O5. The second-order valence-corrected chi connectivity index (χ2v) is 7.54. The standard InChI is InChI=1S/C26H26N2O5/c1-3-30-26(29)22(24-16-27-17-32-24)15-19-9-11-21(12-10-19)31-14-13-23-18(2)33-25(28-23)20-7-5-4-6-8-20/h4-12,16-17,22H,3,13-15H2,1-2H3. The summed E-state index contributed by atoms with van der Waals surface area (Å²) in [5.74, 6) is 1.79. The first-order valence-corrected chi connectivity index (χ1v) is 10.9. The van der Waals surface area contributed by atoms with Gasteiger partial charge in [0.15, 0.2) is 6.39 Å². The average molecular weight is 447 g/mol. The Hall–Kier alpha value is -3.87. The fourth-order valence-corrected chi connectivity index (χ4v) is 3.53. The van der Waals surface area contributed by atoms with E-state index < -0.39 is 5.92 Å². The number of rotatable bonds is 10. The maximum atomic E-state index is 12.4. The molecule has 1 atom stereocenters. The van der Waals surface area contributed by atoms with E-state index in [0.29, 0.717) is 37.7 Å². The monoisotopic (exact) mass is 446 g/mol. The van der Waals surface area contributed by atoms with E-state index in [-0.39, 0.29) is 5.97 Å². The summed E-state index contributed by atoms with van der Waals surface area (Å²) in [7, 11) is 0. The van der Waals surface area contributed by atoms with E-state index in [1.165, 1.54) is 6.39 Å². The summed E-state index contributed by atoms with van der Waals surface area (Å²) in [5.41, 5.74) is 2.81. The molecule has 1 unspecified atom stereocenters. The van der Waals surface area contributed by atoms with Crippen molar-refractivity contribution >= 4 is 5.97 Å². The van der Waals surface area contributed by atoms with Gasteiger partial charge in [0.05, 0.1) is 25.1 Å². The third-order valence-corrected chi connectivity index (χ3v) is 5.25. The molecule has 0 amide bonds. The largest absolute Gasteiger partial charge is 0.493 e. The summed E-state index contributed by atoms with van der Waals surface area (Å²) in [4.78, 5) is 20.9. The zero-order chi connectivity index (χ0) is 23.0. The van der Waals surface area contributed by atoms with Crippen LogP contribution in [0.15, 0.2) is 76.0 Å². The van der Waals surface area contributed by atoms with Crippen molar-refractivity contribution in [1.82, 2.24) is 9.97 Å². The van der Waals surface area contributed by atoms with Crippen LogP contribution in [-0.2, 0) is 22.4 Å². The van der Waals surface area contributed by atoms with E-state index in [4.69, 9.17) is 18.3 Å². The van der Waals surface area contributed by atoms with Crippen LogP contribution in [0.3, 0.4) is 0 Å². The molecule has 0 fully saturated rings. The van der Waals surface area contributed by atoms with Gasteiger partial charge < -0.3 is 18.3 Å². The topological polar surface area (TPSA) is 87.6 Å². The van der Waals surface area contributed by atoms with Crippen LogP contribution in [0.25, 0.3) is 11.5 Å². The van der Waals surface area contributed by atoms with Gasteiger partial charge in [-0.15, -0.1) is 0 Å². The first kappa shape index (κ1) is 22.3. The van der Waals surface area contributed by atoms with E-state index >= 15 is 0 Å². The molecule has 0 aliphatic rings. The molecule has 0 radical (unpaired) electrons. The molecule has 0 saturated carbocycles. The average Bonchev–Trinajstić information content (AvgIpc) is 3.49. The Labute approximate surface area is 192 Å². The zero-order valence-electron chi connectivity index (χ0n) is 18.7. The molecule has 0 spiro atoms. The molecule has 0 aliphatic carbocycles. The maximum absolute atomic E-state index is 12.4. The first-order chi connectivity index (χ1) is 16.1. The molecule has 170 valence electrons. The Morgan fingerprint density at radius 1 is 1.09 bits per heavy atom. The van der Waals surface area contributed by atoms with Crippen LogP contribution in [0.4, 0.5) is 0 Å². The summed E-state index contributed by atoms with van der Waals surface area (Å²) in [6, 6.07) is 17.5. The Kier molecular flexibility index (Phi) is 7.19. The van der Waals surface area contributed by atoms with Crippen LogP contribution in [0, 0.1) is 6.92 Å². The van der Waals surface area contributed by atoms with Crippen LogP contribution in [0.5, 0.6) is 5.75 Å². The normalized spacial score (nSPS) is 11.8. The van der Waals surface area contributed by atoms with Crippen LogP contribution in [0.2, 0.25) is 0 Å². The second-order valence-electron chi connectivity index (χ2n) is 7.54. The molecule has 0 bridgehead atoms. The van der Waals surface area contributed by atoms with Crippen molar-refractivity contribution in [3.63, 3.8) is 0 Å². The fourth-order valence-electron chi connectivity index (χ4n) is 3.53. The number of aryl methyl sites for hydroxylation is 1. The Bertz CT molecular complexity index is 1150. The molecule has 2 aromatic carbocycles. The summed E-state index contributed by atoms with van der Waals surface area (Å²) in [6.07, 6.45) is 3.96. The number of carbonyl (C=O) groups is 1. The molecule has 2 heterocycles. The smallest absolute Gasteiger partial charge is 0.317 e. The minimum absolute atomic E-state index is 0.314. The Morgan fingerprint density at radius 2 is 1.88 bits per heavy atom. The molecule has 4 aromatic rings. The van der Waals surface area contributed by atoms with Crippen molar-refractivity contribution in [3.8, 4) is 17.2 Å². The van der Waals surface area contributed by atoms with Gasteiger partial charge in [-0.25, -0.2) is 9.97 Å². The lowest BCUT2D eigenvalue weighted by molar-refractivity contribution is -0.145. The number of oxazole rings is 2. The van der Waals surface area contributed by atoms with Crippen molar-refractivity contribution in [3.05, 3.63) is 90.0 Å². The van der Waals surface area contributed by atoms with Crippen molar-refractivity contribution < 1.29 is 23.1 Å². The summed E-state index contributed by atoms with van der Waals surface area (Å²) in [5, 5.41) is 0. The predicted octanol–water partition coefficient (Wildman–Crippen LogP) is 5.15. The van der Waals surface area contributed by atoms with Gasteiger partial charge >= 0.3 is 5.97 Å². The zero-order valence-corrected chi connectivity index (χ0v) is 18.7. The Morgan fingerprint density at radius 3 is 2.58 bits per heavy atom. The molecule has 2 aromatic heterocycles. The quantitative estimate of drug-likeness (QED) is 0.311. The lowest BCUT2D eigenvalue weighted by atomic mass is 9.97. The van der Waals surface area contributed by atoms with Gasteiger partial charge in [-0.3, -0.25) is 4.79 Å². The maximum Gasteiger partial charge on any atom is 0.317 e. The summed E-state index contributed by atoms with van der Waals surface area (Å²) < 4.78 is 22.2. The number of aromatic nitrogens is 2. The van der Waals surface area contributed by atoms with E-state index in [9.17, 15) is 4.79 Å². The number of carbonyl (C=O) groups excluding carboxylic acids is 1. The molecule has 7 heteroatoms. The lowest BCUT2D eigenvalue weighted by Gasteiger charge is -2.13. The van der Waals surface area contributed by atoms with Crippen molar-refractivity contribution in [2.75, 3.05) is 13.2 Å². The van der Waals surface area contributed by atoms with Crippen LogP contribution < -0.4 is 4.74 Å². The summed E-state index contributed by atoms with van der Waals surface area (Å²) >= 11 is 0. The van der Waals surface area contributed by atoms with Crippen LogP contribution in [-0.4, -0.2) is 29.2 Å². The highest BCUT2D eigenvalue weighted by Gasteiger charge is 2.25. The lowest BCUT2D eigenvalue weighted by Crippen LogP contribution is -2.18. The molecule has 0 N–H and O–H groups in total. The van der Waals surface area contributed by atoms with Gasteiger partial charge in [0.1, 0.15) is 23.2 Å². The molecule has 0 aliphatic heterocycles. The number of esters is 1. The Balaban J connectivity index is 1.33. The number of hydrogen-bond acceptors (Lipinski definition) is 7. The highest BCUT2D eigenvalue weighted by Crippen LogP contribution is 2.25. The van der Waals surface area contributed by atoms with Gasteiger partial charge in [0, 0.05) is 12.0 Å². The third-order valence-electron chi connectivity index (χ3n) is 5.25. The minimum atomic E-state index is -0.534. The van der Waals surface area contributed by atoms with E-state index in [0.717, 1.165) is 28.3 Å². The van der Waals surface area contributed by atoms with E-state index in [2.05, 4.69) is 9.97 Å². The van der Waals surface area contributed by atoms with Crippen molar-refractivity contribution in [1.29, 1.82) is 0 Å². The van der Waals surface area contributed by atoms with Crippen molar-refractivity contribution in [2.45, 2.75) is 32.6 Å². The first-order valence-electron chi connectivity index (χ1n) is 10.9. The van der Waals surface area contributed by atoms with Gasteiger partial charge in [-0.2, -0.15) is 0 Å². The van der Waals surface area contributed by atoms with Gasteiger partial charge in [0.2, 0.25) is 5.89 Å². The van der Waals surface area contributed by atoms with Crippen LogP contribution in [0.1, 0.15) is 35.6 Å². The van der Waals surface area contributed by atoms with Crippen LogP contribution >= 0.6 is 0 Å². The molecule has 33 heavy (non-hydrogen) atoms. The van der Waals surface area contributed by atoms with Gasteiger partial charge in [-0.1, -0.05) is 30.3 Å².